The van der Waals surface area contributed by atoms with Crippen molar-refractivity contribution in [3.8, 4) is 0 Å². The fraction of sp³-hybridized carbons (Fsp3) is 0. The van der Waals surface area contributed by atoms with Crippen molar-refractivity contribution in [3.63, 3.8) is 0 Å². The molecule has 0 saturated carbocycles. The lowest BCUT2D eigenvalue weighted by molar-refractivity contribution is 1.07. The Morgan fingerprint density at radius 3 is 3.36 bits per heavy atom. The molecule has 1 aliphatic heterocycles. The van der Waals surface area contributed by atoms with Crippen LogP contribution in [0.25, 0.3) is 0 Å². The van der Waals surface area contributed by atoms with Crippen LogP contribution < -0.4 is 5.43 Å². The summed E-state index contributed by atoms with van der Waals surface area (Å²) in [7, 11) is 0. The Hall–Kier alpha value is -1.78. The molecule has 5 heteroatoms. The Labute approximate surface area is 62.9 Å². The zero-order chi connectivity index (χ0) is 7.52. The van der Waals surface area contributed by atoms with Crippen LogP contribution in [0.1, 0.15) is 5.69 Å². The summed E-state index contributed by atoms with van der Waals surface area (Å²) in [4.78, 5) is 11.8. The normalized spacial score (nSPS) is 13.5. The minimum Gasteiger partial charge on any atom is -0.268 e. The Bertz CT molecular complexity index is 286. The first kappa shape index (κ1) is 5.96. The molecule has 1 aromatic rings. The predicted octanol–water partition coefficient (Wildman–Crippen LogP) is 0.0735. The van der Waals surface area contributed by atoms with E-state index in [-0.39, 0.29) is 0 Å². The SMILES string of the molecule is C1=NNC=Nc2cncnc21. The van der Waals surface area contributed by atoms with E-state index >= 15 is 0 Å². The third kappa shape index (κ3) is 1.07. The highest BCUT2D eigenvalue weighted by molar-refractivity contribution is 5.86. The molecule has 1 N–H and O–H groups in total. The van der Waals surface area contributed by atoms with Crippen LogP contribution in [-0.2, 0) is 0 Å². The average Bonchev–Trinajstić information content (AvgIpc) is 2.28. The number of fused-ring (bicyclic) bond motifs is 1. The molecule has 11 heavy (non-hydrogen) atoms. The summed E-state index contributed by atoms with van der Waals surface area (Å²) in [6.07, 6.45) is 6.19. The van der Waals surface area contributed by atoms with Crippen molar-refractivity contribution in [1.29, 1.82) is 0 Å². The first-order chi connectivity index (χ1) is 5.47. The Balaban J connectivity index is 2.58. The zero-order valence-corrected chi connectivity index (χ0v) is 5.60. The minimum atomic E-state index is 0.723. The van der Waals surface area contributed by atoms with Crippen molar-refractivity contribution in [1.82, 2.24) is 15.4 Å². The average molecular weight is 147 g/mol. The van der Waals surface area contributed by atoms with Gasteiger partial charge in [-0.3, -0.25) is 5.43 Å². The van der Waals surface area contributed by atoms with Gasteiger partial charge >= 0.3 is 0 Å². The van der Waals surface area contributed by atoms with Crippen LogP contribution >= 0.6 is 0 Å². The van der Waals surface area contributed by atoms with Crippen molar-refractivity contribution in [3.05, 3.63) is 18.2 Å². The number of rotatable bonds is 0. The highest BCUT2D eigenvalue weighted by atomic mass is 15.3. The van der Waals surface area contributed by atoms with E-state index in [4.69, 9.17) is 0 Å². The maximum Gasteiger partial charge on any atom is 0.116 e. The van der Waals surface area contributed by atoms with Gasteiger partial charge in [0.1, 0.15) is 24.0 Å². The van der Waals surface area contributed by atoms with Gasteiger partial charge in [0.25, 0.3) is 0 Å². The summed E-state index contributed by atoms with van der Waals surface area (Å²) >= 11 is 0. The predicted molar refractivity (Wildman–Crippen MR) is 40.9 cm³/mol. The van der Waals surface area contributed by atoms with Crippen molar-refractivity contribution < 1.29 is 0 Å². The maximum atomic E-state index is 4.00. The molecular formula is C6H5N5. The maximum absolute atomic E-state index is 4.00. The molecule has 0 atom stereocenters. The molecule has 0 unspecified atom stereocenters. The van der Waals surface area contributed by atoms with E-state index in [1.165, 1.54) is 12.7 Å². The van der Waals surface area contributed by atoms with Crippen molar-refractivity contribution >= 4 is 18.2 Å². The van der Waals surface area contributed by atoms with Gasteiger partial charge in [0.2, 0.25) is 0 Å². The second-order valence-corrected chi connectivity index (χ2v) is 1.94. The lowest BCUT2D eigenvalue weighted by Crippen LogP contribution is -1.98. The van der Waals surface area contributed by atoms with Crippen LogP contribution in [0, 0.1) is 0 Å². The van der Waals surface area contributed by atoms with Gasteiger partial charge in [0.15, 0.2) is 0 Å². The van der Waals surface area contributed by atoms with E-state index in [1.54, 1.807) is 12.4 Å². The Morgan fingerprint density at radius 1 is 1.36 bits per heavy atom. The number of hydrazone groups is 1. The van der Waals surface area contributed by atoms with Crippen LogP contribution in [-0.4, -0.2) is 22.5 Å². The van der Waals surface area contributed by atoms with Gasteiger partial charge in [-0.15, -0.1) is 0 Å². The fourth-order valence-corrected chi connectivity index (χ4v) is 0.761. The van der Waals surface area contributed by atoms with Gasteiger partial charge in [-0.05, 0) is 0 Å². The molecule has 0 aliphatic carbocycles. The van der Waals surface area contributed by atoms with Crippen LogP contribution in [0.2, 0.25) is 0 Å². The number of hydrogen-bond donors (Lipinski definition) is 1. The first-order valence-corrected chi connectivity index (χ1v) is 3.08. The number of nitrogens with one attached hydrogen (secondary N) is 1. The molecule has 1 aromatic heterocycles. The third-order valence-corrected chi connectivity index (χ3v) is 1.25. The third-order valence-electron chi connectivity index (χ3n) is 1.25. The monoisotopic (exact) mass is 147 g/mol. The van der Waals surface area contributed by atoms with Crippen molar-refractivity contribution in [2.24, 2.45) is 10.1 Å². The van der Waals surface area contributed by atoms with Gasteiger partial charge in [-0.1, -0.05) is 0 Å². The van der Waals surface area contributed by atoms with Crippen LogP contribution in [0.5, 0.6) is 0 Å². The van der Waals surface area contributed by atoms with E-state index in [0.29, 0.717) is 0 Å². The molecule has 0 spiro atoms. The molecule has 0 amide bonds. The summed E-state index contributed by atoms with van der Waals surface area (Å²) in [6.45, 7) is 0. The molecule has 0 fully saturated rings. The molecular weight excluding hydrogens is 142 g/mol. The second kappa shape index (κ2) is 2.45. The smallest absolute Gasteiger partial charge is 0.116 e. The second-order valence-electron chi connectivity index (χ2n) is 1.94. The quantitative estimate of drug-likeness (QED) is 0.565. The van der Waals surface area contributed by atoms with Gasteiger partial charge in [0, 0.05) is 0 Å². The highest BCUT2D eigenvalue weighted by Crippen LogP contribution is 2.12. The topological polar surface area (TPSA) is 62.5 Å². The summed E-state index contributed by atoms with van der Waals surface area (Å²) in [5.74, 6) is 0. The molecule has 0 saturated heterocycles. The standard InChI is InChI=1S/C6H5N5/c1-5-6(8-3-7-1)2-10-11-4-9-5/h1-4H,(H,9,11). The van der Waals surface area contributed by atoms with E-state index in [1.807, 2.05) is 0 Å². The largest absolute Gasteiger partial charge is 0.268 e. The molecule has 0 bridgehead atoms. The highest BCUT2D eigenvalue weighted by Gasteiger charge is 1.99. The number of hydrogen-bond acceptors (Lipinski definition) is 5. The van der Waals surface area contributed by atoms with Gasteiger partial charge in [-0.25, -0.2) is 15.0 Å². The van der Waals surface area contributed by atoms with E-state index < -0.39 is 0 Å². The molecule has 1 aliphatic rings. The minimum absolute atomic E-state index is 0.723. The summed E-state index contributed by atoms with van der Waals surface area (Å²) < 4.78 is 0. The molecule has 2 rings (SSSR count). The van der Waals surface area contributed by atoms with E-state index in [2.05, 4.69) is 25.5 Å². The van der Waals surface area contributed by atoms with Crippen molar-refractivity contribution in [2.45, 2.75) is 0 Å². The summed E-state index contributed by atoms with van der Waals surface area (Å²) in [5, 5.41) is 3.80. The lowest BCUT2D eigenvalue weighted by atomic mass is 10.4. The molecule has 0 radical (unpaired) electrons. The van der Waals surface area contributed by atoms with Gasteiger partial charge in [0.05, 0.1) is 12.4 Å². The summed E-state index contributed by atoms with van der Waals surface area (Å²) in [6, 6.07) is 0. The van der Waals surface area contributed by atoms with Gasteiger partial charge in [-0.2, -0.15) is 5.10 Å². The Morgan fingerprint density at radius 2 is 2.36 bits per heavy atom. The zero-order valence-electron chi connectivity index (χ0n) is 5.60. The molecule has 5 nitrogen and oxygen atoms in total. The lowest BCUT2D eigenvalue weighted by Gasteiger charge is -1.92. The summed E-state index contributed by atoms with van der Waals surface area (Å²) in [5.41, 5.74) is 4.05. The number of nitrogens with zero attached hydrogens (tertiary/aromatic N) is 4. The first-order valence-electron chi connectivity index (χ1n) is 3.08. The fourth-order valence-electron chi connectivity index (χ4n) is 0.761. The Kier molecular flexibility index (Phi) is 1.33. The molecule has 0 aromatic carbocycles. The van der Waals surface area contributed by atoms with Crippen LogP contribution in [0.4, 0.5) is 5.69 Å². The van der Waals surface area contributed by atoms with E-state index in [9.17, 15) is 0 Å². The van der Waals surface area contributed by atoms with Crippen LogP contribution in [0.3, 0.4) is 0 Å². The van der Waals surface area contributed by atoms with Crippen molar-refractivity contribution in [2.75, 3.05) is 0 Å². The molecule has 2 heterocycles. The molecule has 54 valence electrons. The van der Waals surface area contributed by atoms with Gasteiger partial charge < -0.3 is 0 Å². The number of aromatic nitrogens is 2. The number of aliphatic imine (C=N–C) groups is 1. The van der Waals surface area contributed by atoms with E-state index in [0.717, 1.165) is 11.4 Å². The van der Waals surface area contributed by atoms with Crippen LogP contribution in [0.15, 0.2) is 22.6 Å².